The zero-order chi connectivity index (χ0) is 49.2. The van der Waals surface area contributed by atoms with Gasteiger partial charge in [0.05, 0.1) is 86.6 Å². The van der Waals surface area contributed by atoms with E-state index in [9.17, 15) is 14.4 Å². The number of ether oxygens (including phenoxy) is 9. The van der Waals surface area contributed by atoms with Crippen LogP contribution >= 0.6 is 0 Å². The van der Waals surface area contributed by atoms with Crippen molar-refractivity contribution >= 4 is 17.9 Å². The van der Waals surface area contributed by atoms with Crippen LogP contribution in [-0.2, 0) is 57.0 Å². The predicted octanol–water partition coefficient (Wildman–Crippen LogP) is 12.9. The molecule has 6 heterocycles. The van der Waals surface area contributed by atoms with Crippen LogP contribution in [0.4, 0.5) is 0 Å². The van der Waals surface area contributed by atoms with Crippen LogP contribution in [0.25, 0.3) is 0 Å². The molecule has 0 amide bonds. The third-order valence-electron chi connectivity index (χ3n) is 15.7. The first-order chi connectivity index (χ1) is 34.3. The third-order valence-corrected chi connectivity index (χ3v) is 15.7. The number of esters is 3. The molecule has 0 aliphatic carbocycles. The molecule has 402 valence electrons. The van der Waals surface area contributed by atoms with Gasteiger partial charge in [0.2, 0.25) is 0 Å². The van der Waals surface area contributed by atoms with E-state index in [1.807, 2.05) is 0 Å². The molecule has 0 bridgehead atoms. The molecule has 0 aromatic heterocycles. The quantitative estimate of drug-likeness (QED) is 0.0187. The second-order valence-corrected chi connectivity index (χ2v) is 22.1. The van der Waals surface area contributed by atoms with E-state index in [2.05, 4.69) is 20.8 Å². The van der Waals surface area contributed by atoms with Crippen molar-refractivity contribution in [2.75, 3.05) is 13.2 Å². The molecule has 6 aliphatic rings. The van der Waals surface area contributed by atoms with Crippen molar-refractivity contribution in [2.45, 2.75) is 331 Å². The second kappa shape index (κ2) is 33.1. The molecule has 6 fully saturated rings. The van der Waals surface area contributed by atoms with Crippen molar-refractivity contribution in [2.24, 2.45) is 0 Å². The van der Waals surface area contributed by atoms with Gasteiger partial charge in [0, 0.05) is 32.1 Å². The van der Waals surface area contributed by atoms with Gasteiger partial charge >= 0.3 is 17.9 Å². The fourth-order valence-corrected chi connectivity index (χ4v) is 10.7. The normalized spacial score (nSPS) is 29.3. The highest BCUT2D eigenvalue weighted by atomic mass is 16.6. The monoisotopic (exact) mass is 988 g/mol. The molecule has 70 heavy (non-hydrogen) atoms. The zero-order valence-corrected chi connectivity index (χ0v) is 44.2. The molecule has 6 aliphatic heterocycles. The molecule has 6 rings (SSSR count). The number of unbranched alkanes of at least 4 members (excludes halogenated alkanes) is 18. The summed E-state index contributed by atoms with van der Waals surface area (Å²) in [6.45, 7) is 8.18. The summed E-state index contributed by atoms with van der Waals surface area (Å²) < 4.78 is 52.2. The molecule has 12 unspecified atom stereocenters. The molecule has 0 aromatic rings. The van der Waals surface area contributed by atoms with E-state index in [0.29, 0.717) is 86.1 Å². The highest BCUT2D eigenvalue weighted by Crippen LogP contribution is 2.41. The summed E-state index contributed by atoms with van der Waals surface area (Å²) in [5.74, 6) is -0.969. The molecular weight excluding hydrogens is 889 g/mol. The standard InChI is InChI=1S/C58H99O12/c1-4-7-19-28-44-50(65-44)37-38-51-45(66-51)31-22-13-12-18-27-36-58(61)64-43(41-62-56(59)34-25-16-10-14-23-32-48-54(69-48)39-52-46(67-52)29-20-8-5-2)42-63-57(60)35-26-17-11-15-24-33-49-55(70-49)40-53-47(68-53)30-21-9-6-3/h43-55H,1,4-42H2,2-3H3/q+1. The Labute approximate surface area is 424 Å². The first kappa shape index (κ1) is 57.3. The minimum absolute atomic E-state index is 0.111. The van der Waals surface area contributed by atoms with Gasteiger partial charge in [-0.15, -0.1) is 0 Å². The van der Waals surface area contributed by atoms with Crippen molar-refractivity contribution in [3.63, 3.8) is 0 Å². The highest BCUT2D eigenvalue weighted by Gasteiger charge is 2.48. The highest BCUT2D eigenvalue weighted by molar-refractivity contribution is 5.71. The summed E-state index contributed by atoms with van der Waals surface area (Å²) in [4.78, 5) is 38.4. The summed E-state index contributed by atoms with van der Waals surface area (Å²) in [5.41, 5.74) is 0. The largest absolute Gasteiger partial charge is 0.462 e. The third kappa shape index (κ3) is 24.8. The van der Waals surface area contributed by atoms with Gasteiger partial charge in [-0.25, -0.2) is 0 Å². The van der Waals surface area contributed by atoms with Gasteiger partial charge in [0.15, 0.2) is 6.10 Å². The van der Waals surface area contributed by atoms with Crippen LogP contribution in [0.15, 0.2) is 0 Å². The van der Waals surface area contributed by atoms with Gasteiger partial charge in [-0.2, -0.15) is 0 Å². The van der Waals surface area contributed by atoms with Gasteiger partial charge in [-0.1, -0.05) is 129 Å². The molecule has 0 aromatic carbocycles. The van der Waals surface area contributed by atoms with Crippen LogP contribution in [0.1, 0.15) is 251 Å². The van der Waals surface area contributed by atoms with Crippen LogP contribution in [0.2, 0.25) is 0 Å². The Kier molecular flexibility index (Phi) is 27.1. The first-order valence-electron chi connectivity index (χ1n) is 29.6. The Bertz CT molecular complexity index is 1370. The molecule has 0 radical (unpaired) electrons. The summed E-state index contributed by atoms with van der Waals surface area (Å²) in [5, 5.41) is 0. The Morgan fingerprint density at radius 3 is 1.01 bits per heavy atom. The Morgan fingerprint density at radius 2 is 0.643 bits per heavy atom. The van der Waals surface area contributed by atoms with E-state index in [4.69, 9.17) is 42.6 Å². The fraction of sp³-hybridized carbons (Fsp3) is 0.931. The van der Waals surface area contributed by atoms with Crippen LogP contribution < -0.4 is 0 Å². The van der Waals surface area contributed by atoms with E-state index >= 15 is 0 Å². The minimum Gasteiger partial charge on any atom is -0.462 e. The fourth-order valence-electron chi connectivity index (χ4n) is 10.7. The van der Waals surface area contributed by atoms with Crippen molar-refractivity contribution in [3.05, 3.63) is 6.92 Å². The van der Waals surface area contributed by atoms with Crippen LogP contribution in [-0.4, -0.2) is 110 Å². The van der Waals surface area contributed by atoms with Gasteiger partial charge in [0.25, 0.3) is 0 Å². The van der Waals surface area contributed by atoms with Gasteiger partial charge < -0.3 is 42.6 Å². The van der Waals surface area contributed by atoms with E-state index in [1.54, 1.807) is 0 Å². The molecule has 12 heteroatoms. The summed E-state index contributed by atoms with van der Waals surface area (Å²) in [6, 6.07) is 0. The number of hydrogen-bond acceptors (Lipinski definition) is 12. The molecule has 0 spiro atoms. The number of rotatable bonds is 48. The molecule has 12 atom stereocenters. The smallest absolute Gasteiger partial charge is 0.306 e. The van der Waals surface area contributed by atoms with Gasteiger partial charge in [-0.05, 0) is 83.5 Å². The zero-order valence-electron chi connectivity index (χ0n) is 44.2. The summed E-state index contributed by atoms with van der Waals surface area (Å²) >= 11 is 0. The maximum absolute atomic E-state index is 12.9. The van der Waals surface area contributed by atoms with Gasteiger partial charge in [-0.3, -0.25) is 14.4 Å². The van der Waals surface area contributed by atoms with E-state index < -0.39 is 6.10 Å². The Hall–Kier alpha value is -1.96. The lowest BCUT2D eigenvalue weighted by Gasteiger charge is -2.18. The topological polar surface area (TPSA) is 154 Å². The van der Waals surface area contributed by atoms with Crippen molar-refractivity contribution in [1.82, 2.24) is 0 Å². The lowest BCUT2D eigenvalue weighted by molar-refractivity contribution is -0.167. The average molecular weight is 988 g/mol. The summed E-state index contributed by atoms with van der Waals surface area (Å²) in [7, 11) is 0. The maximum Gasteiger partial charge on any atom is 0.306 e. The number of hydrogen-bond donors (Lipinski definition) is 0. The van der Waals surface area contributed by atoms with Crippen molar-refractivity contribution in [3.8, 4) is 0 Å². The average Bonchev–Trinajstić information content (AvgIpc) is 4.10. The maximum atomic E-state index is 12.9. The molecule has 0 N–H and O–H groups in total. The lowest BCUT2D eigenvalue weighted by Crippen LogP contribution is -2.30. The molecule has 0 saturated carbocycles. The lowest BCUT2D eigenvalue weighted by atomic mass is 10.0. The van der Waals surface area contributed by atoms with Crippen LogP contribution in [0.3, 0.4) is 0 Å². The van der Waals surface area contributed by atoms with Crippen molar-refractivity contribution < 1.29 is 57.0 Å². The van der Waals surface area contributed by atoms with Crippen LogP contribution in [0, 0.1) is 6.92 Å². The SMILES string of the molecule is [CH2+]CCCCC1OC1CCC1OC1CCCCCCCC(=O)OC(COC(=O)CCCCCCCC1OC1CC1OC1CCCCC)COC(=O)CCCCCCCC1OC1CC1OC1CCCCC. The molecule has 12 nitrogen and oxygen atoms in total. The van der Waals surface area contributed by atoms with Crippen LogP contribution in [0.5, 0.6) is 0 Å². The van der Waals surface area contributed by atoms with E-state index in [-0.39, 0.29) is 37.5 Å². The summed E-state index contributed by atoms with van der Waals surface area (Å²) in [6.07, 6.45) is 42.5. The van der Waals surface area contributed by atoms with Gasteiger partial charge in [0.1, 0.15) is 13.2 Å². The number of epoxide rings is 6. The minimum atomic E-state index is -0.818. The Morgan fingerprint density at radius 1 is 0.357 bits per heavy atom. The number of carbonyl (C=O) groups is 3. The first-order valence-corrected chi connectivity index (χ1v) is 29.6. The Balaban J connectivity index is 0.763. The second-order valence-electron chi connectivity index (χ2n) is 22.1. The molecular formula is C58H99O12+. The van der Waals surface area contributed by atoms with Crippen molar-refractivity contribution in [1.29, 1.82) is 0 Å². The number of carbonyl (C=O) groups excluding carboxylic acids is 3. The van der Waals surface area contributed by atoms with E-state index in [1.165, 1.54) is 70.6 Å². The molecule has 6 saturated heterocycles. The van der Waals surface area contributed by atoms with E-state index in [0.717, 1.165) is 148 Å². The predicted molar refractivity (Wildman–Crippen MR) is 271 cm³/mol.